The summed E-state index contributed by atoms with van der Waals surface area (Å²) in [6.45, 7) is 0. The van der Waals surface area contributed by atoms with Crippen LogP contribution in [0.15, 0.2) is 18.2 Å². The monoisotopic (exact) mass is 280 g/mol. The molecular weight excluding hydrogens is 260 g/mol. The Morgan fingerprint density at radius 2 is 2.16 bits per heavy atom. The van der Waals surface area contributed by atoms with Crippen LogP contribution in [-0.2, 0) is 17.6 Å². The SMILES string of the molecule is CN(C)C1Cc2cc(O)ccc2CC1SCC(N)=O. The zero-order valence-electron chi connectivity index (χ0n) is 11.3. The number of phenolic OH excluding ortho intramolecular Hbond substituents is 1. The number of rotatable bonds is 4. The molecule has 3 N–H and O–H groups in total. The molecule has 0 radical (unpaired) electrons. The lowest BCUT2D eigenvalue weighted by Crippen LogP contribution is -2.43. The Labute approximate surface area is 118 Å². The molecule has 19 heavy (non-hydrogen) atoms. The van der Waals surface area contributed by atoms with Gasteiger partial charge in [-0.15, -0.1) is 11.8 Å². The summed E-state index contributed by atoms with van der Waals surface area (Å²) < 4.78 is 0. The van der Waals surface area contributed by atoms with Crippen molar-refractivity contribution < 1.29 is 9.90 Å². The number of aromatic hydroxyl groups is 1. The highest BCUT2D eigenvalue weighted by Gasteiger charge is 2.30. The fourth-order valence-electron chi connectivity index (χ4n) is 2.59. The van der Waals surface area contributed by atoms with Crippen LogP contribution in [-0.4, -0.2) is 47.1 Å². The Balaban J connectivity index is 2.19. The molecule has 1 amide bonds. The van der Waals surface area contributed by atoms with E-state index < -0.39 is 0 Å². The molecule has 0 spiro atoms. The molecule has 0 bridgehead atoms. The first-order valence-corrected chi connectivity index (χ1v) is 7.39. The molecule has 0 saturated carbocycles. The minimum Gasteiger partial charge on any atom is -0.508 e. The molecule has 2 rings (SSSR count). The van der Waals surface area contributed by atoms with Crippen molar-refractivity contribution >= 4 is 17.7 Å². The lowest BCUT2D eigenvalue weighted by molar-refractivity contribution is -0.115. The van der Waals surface area contributed by atoms with Crippen molar-refractivity contribution in [2.45, 2.75) is 24.1 Å². The topological polar surface area (TPSA) is 66.6 Å². The number of carbonyl (C=O) groups excluding carboxylic acids is 1. The first-order valence-electron chi connectivity index (χ1n) is 6.34. The third-order valence-electron chi connectivity index (χ3n) is 3.57. The minimum atomic E-state index is -0.265. The molecule has 2 atom stereocenters. The summed E-state index contributed by atoms with van der Waals surface area (Å²) in [5.74, 6) is 0.418. The van der Waals surface area contributed by atoms with E-state index in [2.05, 4.69) is 19.0 Å². The zero-order valence-corrected chi connectivity index (χ0v) is 12.1. The number of likely N-dealkylation sites (N-methyl/N-ethyl adjacent to an activating group) is 1. The van der Waals surface area contributed by atoms with Crippen molar-refractivity contribution in [2.24, 2.45) is 5.73 Å². The number of thioether (sulfide) groups is 1. The summed E-state index contributed by atoms with van der Waals surface area (Å²) in [4.78, 5) is 13.1. The molecular formula is C14H20N2O2S. The van der Waals surface area contributed by atoms with Crippen LogP contribution in [0.5, 0.6) is 5.75 Å². The van der Waals surface area contributed by atoms with Crippen molar-refractivity contribution in [3.8, 4) is 5.75 Å². The number of nitrogens with two attached hydrogens (primary N) is 1. The highest BCUT2D eigenvalue weighted by molar-refractivity contribution is 8.00. The van der Waals surface area contributed by atoms with Crippen LogP contribution >= 0.6 is 11.8 Å². The van der Waals surface area contributed by atoms with Crippen LogP contribution in [0.25, 0.3) is 0 Å². The Hall–Kier alpha value is -1.20. The van der Waals surface area contributed by atoms with Gasteiger partial charge in [-0.25, -0.2) is 0 Å². The van der Waals surface area contributed by atoms with Crippen molar-refractivity contribution in [1.29, 1.82) is 0 Å². The average molecular weight is 280 g/mol. The smallest absolute Gasteiger partial charge is 0.227 e. The number of carbonyl (C=O) groups is 1. The fourth-order valence-corrected chi connectivity index (χ4v) is 3.82. The Morgan fingerprint density at radius 1 is 1.42 bits per heavy atom. The van der Waals surface area contributed by atoms with Crippen molar-refractivity contribution in [1.82, 2.24) is 4.90 Å². The molecule has 104 valence electrons. The quantitative estimate of drug-likeness (QED) is 0.864. The highest BCUT2D eigenvalue weighted by Crippen LogP contribution is 2.32. The minimum absolute atomic E-state index is 0.265. The molecule has 1 aromatic carbocycles. The third-order valence-corrected chi connectivity index (χ3v) is 4.93. The zero-order chi connectivity index (χ0) is 14.0. The van der Waals surface area contributed by atoms with Crippen LogP contribution in [0.4, 0.5) is 0 Å². The molecule has 0 fully saturated rings. The van der Waals surface area contributed by atoms with E-state index >= 15 is 0 Å². The Bertz CT molecular complexity index is 477. The summed E-state index contributed by atoms with van der Waals surface area (Å²) in [5.41, 5.74) is 7.70. The van der Waals surface area contributed by atoms with Gasteiger partial charge in [-0.3, -0.25) is 4.79 Å². The molecule has 0 saturated heterocycles. The van der Waals surface area contributed by atoms with Gasteiger partial charge in [0.15, 0.2) is 0 Å². The summed E-state index contributed by atoms with van der Waals surface area (Å²) in [7, 11) is 4.10. The molecule has 4 nitrogen and oxygen atoms in total. The van der Waals surface area contributed by atoms with Gasteiger partial charge in [0.2, 0.25) is 5.91 Å². The number of phenols is 1. The number of benzene rings is 1. The molecule has 1 aromatic rings. The molecule has 5 heteroatoms. The van der Waals surface area contributed by atoms with Crippen LogP contribution in [0, 0.1) is 0 Å². The van der Waals surface area contributed by atoms with E-state index in [0.717, 1.165) is 12.8 Å². The summed E-state index contributed by atoms with van der Waals surface area (Å²) in [6.07, 6.45) is 1.81. The van der Waals surface area contributed by atoms with E-state index in [1.165, 1.54) is 11.1 Å². The molecule has 2 unspecified atom stereocenters. The van der Waals surface area contributed by atoms with Crippen LogP contribution < -0.4 is 5.73 Å². The highest BCUT2D eigenvalue weighted by atomic mass is 32.2. The van der Waals surface area contributed by atoms with Gasteiger partial charge in [0.25, 0.3) is 0 Å². The van der Waals surface area contributed by atoms with E-state index in [1.54, 1.807) is 17.8 Å². The van der Waals surface area contributed by atoms with E-state index in [4.69, 9.17) is 5.73 Å². The summed E-state index contributed by atoms with van der Waals surface area (Å²) >= 11 is 1.63. The molecule has 0 heterocycles. The van der Waals surface area contributed by atoms with Crippen LogP contribution in [0.2, 0.25) is 0 Å². The standard InChI is InChI=1S/C14H20N2O2S/c1-16(2)12-6-10-5-11(17)4-3-9(10)7-13(12)19-8-14(15)18/h3-5,12-13,17H,6-8H2,1-2H3,(H2,15,18). The molecule has 1 aliphatic rings. The van der Waals surface area contributed by atoms with E-state index in [0.29, 0.717) is 22.8 Å². The lowest BCUT2D eigenvalue weighted by Gasteiger charge is -2.36. The summed E-state index contributed by atoms with van der Waals surface area (Å²) in [6, 6.07) is 5.92. The maximum atomic E-state index is 11.0. The second-order valence-electron chi connectivity index (χ2n) is 5.21. The van der Waals surface area contributed by atoms with E-state index in [1.807, 2.05) is 12.1 Å². The van der Waals surface area contributed by atoms with Gasteiger partial charge in [-0.1, -0.05) is 6.07 Å². The van der Waals surface area contributed by atoms with Crippen LogP contribution in [0.3, 0.4) is 0 Å². The van der Waals surface area contributed by atoms with Crippen molar-refractivity contribution in [3.63, 3.8) is 0 Å². The maximum absolute atomic E-state index is 11.0. The summed E-state index contributed by atoms with van der Waals surface area (Å²) in [5, 5.41) is 9.94. The third kappa shape index (κ3) is 3.42. The predicted molar refractivity (Wildman–Crippen MR) is 78.4 cm³/mol. The average Bonchev–Trinajstić information content (AvgIpc) is 2.35. The number of hydrogen-bond acceptors (Lipinski definition) is 4. The molecule has 0 aliphatic heterocycles. The second-order valence-corrected chi connectivity index (χ2v) is 6.44. The fraction of sp³-hybridized carbons (Fsp3) is 0.500. The maximum Gasteiger partial charge on any atom is 0.227 e. The molecule has 0 aromatic heterocycles. The van der Waals surface area contributed by atoms with E-state index in [-0.39, 0.29) is 5.91 Å². The Morgan fingerprint density at radius 3 is 2.79 bits per heavy atom. The number of hydrogen-bond donors (Lipinski definition) is 2. The second kappa shape index (κ2) is 5.84. The predicted octanol–water partition coefficient (Wildman–Crippen LogP) is 1.01. The van der Waals surface area contributed by atoms with Gasteiger partial charge in [-0.2, -0.15) is 0 Å². The number of primary amides is 1. The van der Waals surface area contributed by atoms with Gasteiger partial charge in [0.1, 0.15) is 5.75 Å². The van der Waals surface area contributed by atoms with Gasteiger partial charge in [-0.05, 0) is 50.2 Å². The number of amides is 1. The van der Waals surface area contributed by atoms with Gasteiger partial charge in [0, 0.05) is 11.3 Å². The van der Waals surface area contributed by atoms with Crippen molar-refractivity contribution in [2.75, 3.05) is 19.8 Å². The molecule has 1 aliphatic carbocycles. The first-order chi connectivity index (χ1) is 8.97. The largest absolute Gasteiger partial charge is 0.508 e. The van der Waals surface area contributed by atoms with Gasteiger partial charge < -0.3 is 15.7 Å². The van der Waals surface area contributed by atoms with Crippen LogP contribution in [0.1, 0.15) is 11.1 Å². The van der Waals surface area contributed by atoms with Gasteiger partial charge >= 0.3 is 0 Å². The lowest BCUT2D eigenvalue weighted by atomic mass is 9.87. The number of fused-ring (bicyclic) bond motifs is 1. The first kappa shape index (κ1) is 14.2. The van der Waals surface area contributed by atoms with Crippen molar-refractivity contribution in [3.05, 3.63) is 29.3 Å². The Kier molecular flexibility index (Phi) is 4.37. The van der Waals surface area contributed by atoms with E-state index in [9.17, 15) is 9.90 Å². The normalized spacial score (nSPS) is 22.3. The van der Waals surface area contributed by atoms with Gasteiger partial charge in [0.05, 0.1) is 5.75 Å². The number of nitrogens with zero attached hydrogens (tertiary/aromatic N) is 1.